The highest BCUT2D eigenvalue weighted by molar-refractivity contribution is 6.31. The van der Waals surface area contributed by atoms with Crippen molar-refractivity contribution in [2.75, 3.05) is 6.54 Å². The summed E-state index contributed by atoms with van der Waals surface area (Å²) in [4.78, 5) is 12.0. The maximum Gasteiger partial charge on any atom is 0.234 e. The third kappa shape index (κ3) is 5.05. The first-order valence-electron chi connectivity index (χ1n) is 7.40. The molecule has 0 unspecified atom stereocenters. The first kappa shape index (κ1) is 17.4. The van der Waals surface area contributed by atoms with Gasteiger partial charge >= 0.3 is 0 Å². The fourth-order valence-corrected chi connectivity index (χ4v) is 2.66. The monoisotopic (exact) mass is 334 g/mol. The van der Waals surface area contributed by atoms with Crippen LogP contribution in [0.15, 0.2) is 48.5 Å². The first-order valence-corrected chi connectivity index (χ1v) is 7.77. The molecule has 2 aromatic rings. The van der Waals surface area contributed by atoms with Crippen LogP contribution in [0.5, 0.6) is 0 Å². The maximum absolute atomic E-state index is 13.1. The van der Waals surface area contributed by atoms with Gasteiger partial charge in [0.25, 0.3) is 0 Å². The predicted molar refractivity (Wildman–Crippen MR) is 90.7 cm³/mol. The van der Waals surface area contributed by atoms with Gasteiger partial charge in [-0.25, -0.2) is 4.39 Å². The van der Waals surface area contributed by atoms with Crippen molar-refractivity contribution in [1.82, 2.24) is 10.6 Å². The third-order valence-electron chi connectivity index (χ3n) is 3.63. The number of halogens is 2. The zero-order valence-electron chi connectivity index (χ0n) is 13.2. The Balaban J connectivity index is 1.89. The molecule has 2 rings (SSSR count). The van der Waals surface area contributed by atoms with Crippen molar-refractivity contribution in [2.45, 2.75) is 25.9 Å². The lowest BCUT2D eigenvalue weighted by Gasteiger charge is -2.27. The van der Waals surface area contributed by atoms with Gasteiger partial charge in [-0.15, -0.1) is 0 Å². The minimum absolute atomic E-state index is 0.111. The summed E-state index contributed by atoms with van der Waals surface area (Å²) in [5, 5.41) is 6.34. The largest absolute Gasteiger partial charge is 0.351 e. The Labute approximate surface area is 140 Å². The van der Waals surface area contributed by atoms with Gasteiger partial charge in [0, 0.05) is 17.1 Å². The molecule has 0 saturated heterocycles. The van der Waals surface area contributed by atoms with Gasteiger partial charge in [0.05, 0.1) is 6.54 Å². The topological polar surface area (TPSA) is 41.1 Å². The van der Waals surface area contributed by atoms with E-state index in [-0.39, 0.29) is 18.3 Å². The van der Waals surface area contributed by atoms with Crippen molar-refractivity contribution in [3.63, 3.8) is 0 Å². The Morgan fingerprint density at radius 2 is 1.87 bits per heavy atom. The van der Waals surface area contributed by atoms with Gasteiger partial charge in [-0.05, 0) is 37.1 Å². The maximum atomic E-state index is 13.1. The average Bonchev–Trinajstić information content (AvgIpc) is 2.51. The highest BCUT2D eigenvalue weighted by atomic mass is 35.5. The molecule has 0 heterocycles. The molecule has 2 N–H and O–H groups in total. The summed E-state index contributed by atoms with van der Waals surface area (Å²) in [5.74, 6) is -0.490. The Morgan fingerprint density at radius 1 is 1.17 bits per heavy atom. The van der Waals surface area contributed by atoms with Gasteiger partial charge in [-0.3, -0.25) is 10.1 Å². The summed E-state index contributed by atoms with van der Waals surface area (Å²) in [6, 6.07) is 14.0. The van der Waals surface area contributed by atoms with Crippen LogP contribution in [0.4, 0.5) is 4.39 Å². The molecular formula is C18H20ClFN2O. The van der Waals surface area contributed by atoms with E-state index in [1.807, 2.05) is 44.2 Å². The van der Waals surface area contributed by atoms with Gasteiger partial charge in [0.2, 0.25) is 5.91 Å². The number of hydrogen-bond donors (Lipinski definition) is 2. The molecule has 0 aliphatic heterocycles. The molecule has 0 spiro atoms. The van der Waals surface area contributed by atoms with Gasteiger partial charge in [-0.2, -0.15) is 0 Å². The van der Waals surface area contributed by atoms with Gasteiger partial charge in [0.1, 0.15) is 5.82 Å². The van der Waals surface area contributed by atoms with Crippen LogP contribution in [-0.2, 0) is 16.9 Å². The van der Waals surface area contributed by atoms with Crippen LogP contribution in [-0.4, -0.2) is 12.5 Å². The van der Waals surface area contributed by atoms with E-state index in [2.05, 4.69) is 10.6 Å². The van der Waals surface area contributed by atoms with E-state index in [0.29, 0.717) is 11.6 Å². The van der Waals surface area contributed by atoms with Crippen molar-refractivity contribution in [3.05, 3.63) is 70.5 Å². The standard InChI is InChI=1S/C18H20ClFN2O/c1-18(2,15-9-8-14(20)10-16(15)19)22-12-17(23)21-11-13-6-4-3-5-7-13/h3-10,22H,11-12H2,1-2H3,(H,21,23). The molecule has 0 aromatic heterocycles. The van der Waals surface area contributed by atoms with Crippen LogP contribution in [0.2, 0.25) is 5.02 Å². The molecule has 0 atom stereocenters. The highest BCUT2D eigenvalue weighted by Gasteiger charge is 2.23. The number of nitrogens with one attached hydrogen (secondary N) is 2. The second kappa shape index (κ2) is 7.57. The molecule has 0 radical (unpaired) electrons. The molecular weight excluding hydrogens is 315 g/mol. The summed E-state index contributed by atoms with van der Waals surface area (Å²) in [7, 11) is 0. The van der Waals surface area contributed by atoms with Crippen LogP contribution < -0.4 is 10.6 Å². The second-order valence-electron chi connectivity index (χ2n) is 5.87. The molecule has 3 nitrogen and oxygen atoms in total. The molecule has 5 heteroatoms. The molecule has 2 aromatic carbocycles. The van der Waals surface area contributed by atoms with E-state index >= 15 is 0 Å². The van der Waals surface area contributed by atoms with E-state index < -0.39 is 5.54 Å². The molecule has 0 bridgehead atoms. The van der Waals surface area contributed by atoms with Crippen molar-refractivity contribution >= 4 is 17.5 Å². The molecule has 0 fully saturated rings. The van der Waals surface area contributed by atoms with Gasteiger partial charge in [0.15, 0.2) is 0 Å². The van der Waals surface area contributed by atoms with Crippen molar-refractivity contribution in [3.8, 4) is 0 Å². The van der Waals surface area contributed by atoms with E-state index in [1.54, 1.807) is 6.07 Å². The summed E-state index contributed by atoms with van der Waals surface area (Å²) in [5.41, 5.74) is 1.24. The average molecular weight is 335 g/mol. The lowest BCUT2D eigenvalue weighted by atomic mass is 9.94. The lowest BCUT2D eigenvalue weighted by Crippen LogP contribution is -2.43. The normalized spacial score (nSPS) is 11.3. The quantitative estimate of drug-likeness (QED) is 0.847. The van der Waals surface area contributed by atoms with Gasteiger partial charge in [-0.1, -0.05) is 48.0 Å². The summed E-state index contributed by atoms with van der Waals surface area (Å²) >= 11 is 6.09. The number of carbonyl (C=O) groups is 1. The van der Waals surface area contributed by atoms with E-state index in [1.165, 1.54) is 12.1 Å². The Kier molecular flexibility index (Phi) is 5.74. The number of amides is 1. The SMILES string of the molecule is CC(C)(NCC(=O)NCc1ccccc1)c1ccc(F)cc1Cl. The lowest BCUT2D eigenvalue weighted by molar-refractivity contribution is -0.120. The Morgan fingerprint density at radius 3 is 2.52 bits per heavy atom. The third-order valence-corrected chi connectivity index (χ3v) is 3.94. The molecule has 1 amide bonds. The van der Waals surface area contributed by atoms with E-state index in [0.717, 1.165) is 11.1 Å². The van der Waals surface area contributed by atoms with E-state index in [9.17, 15) is 9.18 Å². The molecule has 23 heavy (non-hydrogen) atoms. The highest BCUT2D eigenvalue weighted by Crippen LogP contribution is 2.28. The number of hydrogen-bond acceptors (Lipinski definition) is 2. The Bertz CT molecular complexity index is 674. The molecule has 0 aliphatic rings. The summed E-state index contributed by atoms with van der Waals surface area (Å²) < 4.78 is 13.1. The van der Waals surface area contributed by atoms with Crippen molar-refractivity contribution < 1.29 is 9.18 Å². The smallest absolute Gasteiger partial charge is 0.234 e. The number of carbonyl (C=O) groups excluding carboxylic acids is 1. The zero-order valence-corrected chi connectivity index (χ0v) is 14.0. The summed E-state index contributed by atoms with van der Waals surface area (Å²) in [6.07, 6.45) is 0. The molecule has 122 valence electrons. The molecule has 0 aliphatic carbocycles. The first-order chi connectivity index (χ1) is 10.9. The number of rotatable bonds is 6. The van der Waals surface area contributed by atoms with Crippen LogP contribution in [0.25, 0.3) is 0 Å². The predicted octanol–water partition coefficient (Wildman–Crippen LogP) is 3.62. The van der Waals surface area contributed by atoms with E-state index in [4.69, 9.17) is 11.6 Å². The van der Waals surface area contributed by atoms with Gasteiger partial charge < -0.3 is 5.32 Å². The number of benzene rings is 2. The minimum atomic E-state index is -0.547. The van der Waals surface area contributed by atoms with Crippen LogP contribution >= 0.6 is 11.6 Å². The van der Waals surface area contributed by atoms with Crippen LogP contribution in [0.1, 0.15) is 25.0 Å². The van der Waals surface area contributed by atoms with Crippen LogP contribution in [0.3, 0.4) is 0 Å². The van der Waals surface area contributed by atoms with Crippen LogP contribution in [0, 0.1) is 5.82 Å². The van der Waals surface area contributed by atoms with Crippen molar-refractivity contribution in [1.29, 1.82) is 0 Å². The van der Waals surface area contributed by atoms with Crippen molar-refractivity contribution in [2.24, 2.45) is 0 Å². The molecule has 0 saturated carbocycles. The zero-order chi connectivity index (χ0) is 16.9. The Hall–Kier alpha value is -1.91. The second-order valence-corrected chi connectivity index (χ2v) is 6.27. The fourth-order valence-electron chi connectivity index (χ4n) is 2.25. The summed E-state index contributed by atoms with van der Waals surface area (Å²) in [6.45, 7) is 4.43. The fraction of sp³-hybridized carbons (Fsp3) is 0.278. The minimum Gasteiger partial charge on any atom is -0.351 e.